The molecule has 31 heavy (non-hydrogen) atoms. The second kappa shape index (κ2) is 8.21. The van der Waals surface area contributed by atoms with Crippen molar-refractivity contribution in [1.82, 2.24) is 15.0 Å². The maximum Gasteiger partial charge on any atom is 0.299 e. The van der Waals surface area contributed by atoms with E-state index < -0.39 is 28.7 Å². The highest BCUT2D eigenvalue weighted by atomic mass is 19.1. The molecule has 2 aromatic heterocycles. The topological polar surface area (TPSA) is 113 Å². The minimum atomic E-state index is -1.04. The Labute approximate surface area is 175 Å². The summed E-state index contributed by atoms with van der Waals surface area (Å²) in [6.07, 6.45) is 3.20. The van der Waals surface area contributed by atoms with E-state index in [0.717, 1.165) is 38.4 Å². The van der Waals surface area contributed by atoms with E-state index in [1.54, 1.807) is 12.1 Å². The number of carbonyl (C=O) groups is 1. The number of anilines is 2. The molecule has 4 N–H and O–H groups in total. The van der Waals surface area contributed by atoms with Gasteiger partial charge in [-0.3, -0.25) is 9.59 Å². The van der Waals surface area contributed by atoms with Crippen LogP contribution < -0.4 is 21.5 Å². The smallest absolute Gasteiger partial charge is 0.299 e. The van der Waals surface area contributed by atoms with Crippen LogP contribution in [0.15, 0.2) is 35.1 Å². The predicted molar refractivity (Wildman–Crippen MR) is 111 cm³/mol. The van der Waals surface area contributed by atoms with Crippen LogP contribution in [0, 0.1) is 11.6 Å². The maximum absolute atomic E-state index is 13.8. The van der Waals surface area contributed by atoms with Crippen LogP contribution in [0.2, 0.25) is 0 Å². The predicted octanol–water partition coefficient (Wildman–Crippen LogP) is 2.41. The van der Waals surface area contributed by atoms with Crippen LogP contribution in [0.5, 0.6) is 0 Å². The average Bonchev–Trinajstić information content (AvgIpc) is 2.77. The minimum Gasteiger partial charge on any atom is -0.423 e. The van der Waals surface area contributed by atoms with Crippen LogP contribution in [0.4, 0.5) is 20.3 Å². The monoisotopic (exact) mass is 429 g/mol. The fourth-order valence-electron chi connectivity index (χ4n) is 3.71. The van der Waals surface area contributed by atoms with E-state index in [4.69, 9.17) is 5.73 Å². The molecule has 8 nitrogen and oxygen atoms in total. The molecule has 1 fully saturated rings. The maximum atomic E-state index is 13.8. The summed E-state index contributed by atoms with van der Waals surface area (Å²) in [6, 6.07) is 6.26. The molecule has 0 radical (unpaired) electrons. The summed E-state index contributed by atoms with van der Waals surface area (Å²) < 4.78 is 27.1. The quantitative estimate of drug-likeness (QED) is 0.549. The molecule has 0 bridgehead atoms. The molecule has 1 aliphatic heterocycles. The molecule has 10 heteroatoms. The van der Waals surface area contributed by atoms with Crippen molar-refractivity contribution in [3.63, 3.8) is 0 Å². The second-order valence-electron chi connectivity index (χ2n) is 7.41. The van der Waals surface area contributed by atoms with Crippen LogP contribution in [0.3, 0.4) is 0 Å². The summed E-state index contributed by atoms with van der Waals surface area (Å²) in [4.78, 5) is 31.7. The van der Waals surface area contributed by atoms with Crippen LogP contribution in [-0.4, -0.2) is 33.9 Å². The van der Waals surface area contributed by atoms with E-state index in [9.17, 15) is 23.6 Å². The Kier molecular flexibility index (Phi) is 5.45. The Morgan fingerprint density at radius 3 is 2.61 bits per heavy atom. The average molecular weight is 429 g/mol. The highest BCUT2D eigenvalue weighted by Gasteiger charge is 2.23. The van der Waals surface area contributed by atoms with Gasteiger partial charge in [-0.1, -0.05) is 6.07 Å². The van der Waals surface area contributed by atoms with Crippen molar-refractivity contribution < 1.29 is 18.8 Å². The molecule has 3 aromatic rings. The standard InChI is InChI=1S/C21H21F2N5O3/c22-13-5-4-12(15(23)10-13)11-25-20(29)17-18(24)14-6-7-16(27-8-2-1-3-9-27)26-19(14)28(31)21(17)30/h4-7,10,31H,1-3,8-9,11,24H2,(H,25,29). The number of hydrogen-bond acceptors (Lipinski definition) is 6. The van der Waals surface area contributed by atoms with Gasteiger partial charge in [0.25, 0.3) is 11.5 Å². The molecular weight excluding hydrogens is 408 g/mol. The van der Waals surface area contributed by atoms with Crippen LogP contribution in [0.25, 0.3) is 11.0 Å². The number of nitrogens with two attached hydrogens (primary N) is 1. The van der Waals surface area contributed by atoms with Gasteiger partial charge < -0.3 is 21.2 Å². The molecule has 0 atom stereocenters. The summed E-state index contributed by atoms with van der Waals surface area (Å²) >= 11 is 0. The minimum absolute atomic E-state index is 0.0336. The zero-order chi connectivity index (χ0) is 22.1. The molecule has 1 aromatic carbocycles. The summed E-state index contributed by atoms with van der Waals surface area (Å²) in [7, 11) is 0. The Hall–Kier alpha value is -3.69. The molecule has 1 aliphatic rings. The lowest BCUT2D eigenvalue weighted by Gasteiger charge is -2.28. The molecule has 162 valence electrons. The van der Waals surface area contributed by atoms with E-state index in [0.29, 0.717) is 16.6 Å². The zero-order valence-electron chi connectivity index (χ0n) is 16.6. The van der Waals surface area contributed by atoms with Crippen molar-refractivity contribution >= 4 is 28.4 Å². The lowest BCUT2D eigenvalue weighted by molar-refractivity contribution is 0.0944. The molecule has 0 unspecified atom stereocenters. The number of nitrogens with one attached hydrogen (secondary N) is 1. The first-order valence-electron chi connectivity index (χ1n) is 9.88. The van der Waals surface area contributed by atoms with Crippen molar-refractivity contribution in [2.45, 2.75) is 25.8 Å². The number of nitrogen functional groups attached to an aromatic ring is 1. The number of fused-ring (bicyclic) bond motifs is 1. The van der Waals surface area contributed by atoms with E-state index >= 15 is 0 Å². The molecule has 1 amide bonds. The lowest BCUT2D eigenvalue weighted by Crippen LogP contribution is -2.34. The molecule has 1 saturated heterocycles. The largest absolute Gasteiger partial charge is 0.423 e. The third-order valence-electron chi connectivity index (χ3n) is 5.39. The Morgan fingerprint density at radius 2 is 1.90 bits per heavy atom. The molecule has 4 rings (SSSR count). The van der Waals surface area contributed by atoms with Gasteiger partial charge in [0.2, 0.25) is 0 Å². The van der Waals surface area contributed by atoms with Gasteiger partial charge in [0.15, 0.2) is 5.65 Å². The first-order valence-corrected chi connectivity index (χ1v) is 9.88. The number of hydrogen-bond donors (Lipinski definition) is 3. The van der Waals surface area contributed by atoms with Gasteiger partial charge in [0, 0.05) is 36.7 Å². The van der Waals surface area contributed by atoms with E-state index in [1.807, 2.05) is 0 Å². The van der Waals surface area contributed by atoms with Gasteiger partial charge in [-0.2, -0.15) is 0 Å². The summed E-state index contributed by atoms with van der Waals surface area (Å²) in [6.45, 7) is 1.35. The Bertz CT molecular complexity index is 1220. The number of aromatic nitrogens is 2. The number of nitrogens with zero attached hydrogens (tertiary/aromatic N) is 3. The molecular formula is C21H21F2N5O3. The Balaban J connectivity index is 1.66. The first-order chi connectivity index (χ1) is 14.9. The molecule has 3 heterocycles. The van der Waals surface area contributed by atoms with Crippen molar-refractivity contribution in [2.75, 3.05) is 23.7 Å². The number of rotatable bonds is 4. The normalized spacial score (nSPS) is 14.1. The Morgan fingerprint density at radius 1 is 1.16 bits per heavy atom. The number of piperidine rings is 1. The van der Waals surface area contributed by atoms with E-state index in [-0.39, 0.29) is 28.8 Å². The number of amides is 1. The number of pyridine rings is 2. The van der Waals surface area contributed by atoms with Gasteiger partial charge in [-0.05, 0) is 37.5 Å². The third kappa shape index (κ3) is 3.88. The van der Waals surface area contributed by atoms with Crippen LogP contribution >= 0.6 is 0 Å². The molecule has 0 aliphatic carbocycles. The summed E-state index contributed by atoms with van der Waals surface area (Å²) in [5.41, 5.74) is 4.40. The third-order valence-corrected chi connectivity index (χ3v) is 5.39. The fourth-order valence-corrected chi connectivity index (χ4v) is 3.71. The highest BCUT2D eigenvalue weighted by molar-refractivity contribution is 6.05. The van der Waals surface area contributed by atoms with E-state index in [1.165, 1.54) is 6.07 Å². The molecule has 0 spiro atoms. The SMILES string of the molecule is Nc1c(C(=O)NCc2ccc(F)cc2F)c(=O)n(O)c2nc(N3CCCCC3)ccc12. The highest BCUT2D eigenvalue weighted by Crippen LogP contribution is 2.25. The van der Waals surface area contributed by atoms with Crippen molar-refractivity contribution in [3.8, 4) is 0 Å². The van der Waals surface area contributed by atoms with Crippen LogP contribution in [-0.2, 0) is 6.54 Å². The van der Waals surface area contributed by atoms with Crippen LogP contribution in [0.1, 0.15) is 35.2 Å². The lowest BCUT2D eigenvalue weighted by atomic mass is 10.1. The van der Waals surface area contributed by atoms with Gasteiger partial charge in [-0.15, -0.1) is 4.73 Å². The van der Waals surface area contributed by atoms with Gasteiger partial charge in [0.05, 0.1) is 5.69 Å². The van der Waals surface area contributed by atoms with Crippen molar-refractivity contribution in [1.29, 1.82) is 0 Å². The second-order valence-corrected chi connectivity index (χ2v) is 7.41. The first kappa shape index (κ1) is 20.6. The molecule has 0 saturated carbocycles. The van der Waals surface area contributed by atoms with Gasteiger partial charge in [0.1, 0.15) is 23.0 Å². The van der Waals surface area contributed by atoms with Gasteiger partial charge in [-0.25, -0.2) is 13.8 Å². The number of benzene rings is 1. The van der Waals surface area contributed by atoms with Gasteiger partial charge >= 0.3 is 0 Å². The zero-order valence-corrected chi connectivity index (χ0v) is 16.6. The summed E-state index contributed by atoms with van der Waals surface area (Å²) in [5, 5.41) is 13.0. The van der Waals surface area contributed by atoms with Crippen molar-refractivity contribution in [2.24, 2.45) is 0 Å². The van der Waals surface area contributed by atoms with E-state index in [2.05, 4.69) is 15.2 Å². The fraction of sp³-hybridized carbons (Fsp3) is 0.286. The number of halogens is 2. The van der Waals surface area contributed by atoms with Crippen molar-refractivity contribution in [3.05, 3.63) is 63.4 Å². The summed E-state index contributed by atoms with van der Waals surface area (Å²) in [5.74, 6) is -1.86. The number of carbonyl (C=O) groups excluding carboxylic acids is 1.